The van der Waals surface area contributed by atoms with Crippen LogP contribution in [0.2, 0.25) is 0 Å². The summed E-state index contributed by atoms with van der Waals surface area (Å²) in [5.74, 6) is 1.67. The van der Waals surface area contributed by atoms with E-state index in [1.807, 2.05) is 0 Å². The molecule has 0 spiro atoms. The number of hydrogen-bond donors (Lipinski definition) is 0. The van der Waals surface area contributed by atoms with Crippen molar-refractivity contribution in [2.24, 2.45) is 21.7 Å². The molecule has 0 radical (unpaired) electrons. The van der Waals surface area contributed by atoms with Gasteiger partial charge in [0.25, 0.3) is 0 Å². The fourth-order valence-corrected chi connectivity index (χ4v) is 5.40. The van der Waals surface area contributed by atoms with E-state index in [4.69, 9.17) is 9.73 Å². The molecule has 0 saturated carbocycles. The molecule has 2 fully saturated rings. The molecule has 0 N–H and O–H groups in total. The molecule has 3 rings (SSSR count). The minimum atomic E-state index is -0.0756. The van der Waals surface area contributed by atoms with Crippen LogP contribution < -0.4 is 0 Å². The van der Waals surface area contributed by atoms with Crippen LogP contribution in [0.15, 0.2) is 16.3 Å². The highest BCUT2D eigenvalue weighted by molar-refractivity contribution is 5.90. The number of rotatable bonds is 3. The second-order valence-electron chi connectivity index (χ2n) is 10.8. The van der Waals surface area contributed by atoms with E-state index in [0.29, 0.717) is 5.92 Å². The Kier molecular flexibility index (Phi) is 5.70. The highest BCUT2D eigenvalue weighted by Gasteiger charge is 2.43. The highest BCUT2D eigenvalue weighted by atomic mass is 16.5. The average molecular weight is 390 g/mol. The number of methoxy groups -OCH3 is 1. The van der Waals surface area contributed by atoms with Gasteiger partial charge in [-0.2, -0.15) is 0 Å². The number of amidine groups is 1. The third-order valence-corrected chi connectivity index (χ3v) is 6.36. The lowest BCUT2D eigenvalue weighted by molar-refractivity contribution is -0.146. The predicted molar refractivity (Wildman–Crippen MR) is 114 cm³/mol. The average Bonchev–Trinajstić information content (AvgIpc) is 3.17. The van der Waals surface area contributed by atoms with Crippen LogP contribution in [-0.4, -0.2) is 60.4 Å². The lowest BCUT2D eigenvalue weighted by Gasteiger charge is -2.41. The number of hydrogen-bond acceptors (Lipinski definition) is 5. The van der Waals surface area contributed by atoms with Gasteiger partial charge in [0.05, 0.1) is 13.2 Å². The van der Waals surface area contributed by atoms with Gasteiger partial charge in [0, 0.05) is 24.2 Å². The van der Waals surface area contributed by atoms with E-state index in [2.05, 4.69) is 58.3 Å². The van der Waals surface area contributed by atoms with E-state index in [1.54, 1.807) is 0 Å². The first-order chi connectivity index (χ1) is 12.9. The van der Waals surface area contributed by atoms with E-state index >= 15 is 0 Å². The number of carbonyl (C=O) groups excluding carboxylic acids is 1. The van der Waals surface area contributed by atoms with E-state index in [-0.39, 0.29) is 28.9 Å². The number of nitrogens with zero attached hydrogens (tertiary/aromatic N) is 3. The molecule has 0 amide bonds. The molecule has 5 nitrogen and oxygen atoms in total. The Hall–Kier alpha value is -1.36. The number of ether oxygens (including phenoxy) is 1. The number of carbonyl (C=O) groups is 1. The van der Waals surface area contributed by atoms with E-state index in [1.165, 1.54) is 24.2 Å². The fourth-order valence-electron chi connectivity index (χ4n) is 5.40. The molecule has 3 heterocycles. The molecule has 0 aliphatic carbocycles. The molecule has 3 aliphatic rings. The van der Waals surface area contributed by atoms with Crippen molar-refractivity contribution < 1.29 is 9.53 Å². The molecular formula is C23H39N3O2. The lowest BCUT2D eigenvalue weighted by atomic mass is 9.79. The van der Waals surface area contributed by atoms with Crippen LogP contribution in [0.4, 0.5) is 0 Å². The van der Waals surface area contributed by atoms with Gasteiger partial charge in [-0.1, -0.05) is 41.5 Å². The van der Waals surface area contributed by atoms with Crippen LogP contribution in [-0.2, 0) is 9.53 Å². The zero-order valence-corrected chi connectivity index (χ0v) is 19.1. The van der Waals surface area contributed by atoms with Crippen LogP contribution in [0.25, 0.3) is 0 Å². The summed E-state index contributed by atoms with van der Waals surface area (Å²) < 4.78 is 5.04. The first-order valence-corrected chi connectivity index (χ1v) is 10.8. The molecule has 0 aromatic rings. The third-order valence-electron chi connectivity index (χ3n) is 6.36. The standard InChI is InChI=1S/C23H39N3O2/c1-15-19(22(2,3)4)18-12-16(14-26(18)21(24-15)23(5,6)7)13-25-11-9-10-17(25)20(27)28-8/h15-17H,9-14H2,1-8H3/t15-,16+,17?/m0/s1. The van der Waals surface area contributed by atoms with E-state index < -0.39 is 0 Å². The topological polar surface area (TPSA) is 45.1 Å². The Morgan fingerprint density at radius 2 is 1.86 bits per heavy atom. The molecule has 3 atom stereocenters. The maximum absolute atomic E-state index is 12.2. The third kappa shape index (κ3) is 4.00. The smallest absolute Gasteiger partial charge is 0.323 e. The van der Waals surface area contributed by atoms with Gasteiger partial charge in [-0.15, -0.1) is 0 Å². The Bertz CT molecular complexity index is 681. The maximum atomic E-state index is 12.2. The largest absolute Gasteiger partial charge is 0.468 e. The van der Waals surface area contributed by atoms with Gasteiger partial charge in [0.15, 0.2) is 0 Å². The molecule has 2 saturated heterocycles. The second kappa shape index (κ2) is 7.47. The van der Waals surface area contributed by atoms with Gasteiger partial charge in [-0.25, -0.2) is 0 Å². The summed E-state index contributed by atoms with van der Waals surface area (Å²) in [5.41, 5.74) is 3.10. The normalized spacial score (nSPS) is 29.2. The molecule has 5 heteroatoms. The van der Waals surface area contributed by atoms with E-state index in [0.717, 1.165) is 38.9 Å². The Morgan fingerprint density at radius 3 is 2.43 bits per heavy atom. The molecule has 0 aromatic heterocycles. The SMILES string of the molecule is COC(=O)C1CCCN1C[C@H]1CC2=C(C(C)(C)C)[C@H](C)N=C(C(C)(C)C)N2C1. The molecular weight excluding hydrogens is 350 g/mol. The molecule has 28 heavy (non-hydrogen) atoms. The van der Waals surface area contributed by atoms with Gasteiger partial charge in [0.2, 0.25) is 0 Å². The molecule has 3 aliphatic heterocycles. The van der Waals surface area contributed by atoms with Gasteiger partial charge in [0.1, 0.15) is 11.9 Å². The molecule has 0 bridgehead atoms. The lowest BCUT2D eigenvalue weighted by Crippen LogP contribution is -2.44. The minimum Gasteiger partial charge on any atom is -0.468 e. The Morgan fingerprint density at radius 1 is 1.18 bits per heavy atom. The number of allylic oxidation sites excluding steroid dienone is 1. The maximum Gasteiger partial charge on any atom is 0.323 e. The number of aliphatic imine (C=N–C) groups is 1. The zero-order chi connectivity index (χ0) is 20.9. The number of esters is 1. The van der Waals surface area contributed by atoms with Crippen molar-refractivity contribution in [3.05, 3.63) is 11.3 Å². The fraction of sp³-hybridized carbons (Fsp3) is 0.826. The summed E-state index contributed by atoms with van der Waals surface area (Å²) in [4.78, 5) is 22.2. The Balaban J connectivity index is 1.87. The van der Waals surface area contributed by atoms with Crippen LogP contribution in [0, 0.1) is 16.7 Å². The highest BCUT2D eigenvalue weighted by Crippen LogP contribution is 2.44. The van der Waals surface area contributed by atoms with Crippen molar-refractivity contribution in [1.29, 1.82) is 0 Å². The zero-order valence-electron chi connectivity index (χ0n) is 19.1. The molecule has 1 unspecified atom stereocenters. The predicted octanol–water partition coefficient (Wildman–Crippen LogP) is 4.09. The molecule has 0 aromatic carbocycles. The van der Waals surface area contributed by atoms with Crippen molar-refractivity contribution in [2.75, 3.05) is 26.7 Å². The number of likely N-dealkylation sites (tertiary alicyclic amines) is 1. The summed E-state index contributed by atoms with van der Waals surface area (Å²) in [6.07, 6.45) is 3.08. The molecule has 158 valence electrons. The summed E-state index contributed by atoms with van der Waals surface area (Å²) >= 11 is 0. The van der Waals surface area contributed by atoms with E-state index in [9.17, 15) is 4.79 Å². The summed E-state index contributed by atoms with van der Waals surface area (Å²) in [5, 5.41) is 0. The monoisotopic (exact) mass is 389 g/mol. The van der Waals surface area contributed by atoms with Gasteiger partial charge < -0.3 is 9.64 Å². The quantitative estimate of drug-likeness (QED) is 0.682. The van der Waals surface area contributed by atoms with Crippen LogP contribution in [0.1, 0.15) is 67.7 Å². The summed E-state index contributed by atoms with van der Waals surface area (Å²) in [6.45, 7) is 18.9. The Labute approximate surface area is 171 Å². The minimum absolute atomic E-state index is 0.0278. The second-order valence-corrected chi connectivity index (χ2v) is 10.8. The van der Waals surface area contributed by atoms with Crippen molar-refractivity contribution in [1.82, 2.24) is 9.80 Å². The van der Waals surface area contributed by atoms with Crippen LogP contribution >= 0.6 is 0 Å². The van der Waals surface area contributed by atoms with Crippen LogP contribution in [0.5, 0.6) is 0 Å². The van der Waals surface area contributed by atoms with Crippen molar-refractivity contribution in [3.8, 4) is 0 Å². The van der Waals surface area contributed by atoms with Gasteiger partial charge >= 0.3 is 5.97 Å². The van der Waals surface area contributed by atoms with Gasteiger partial charge in [-0.05, 0) is 49.6 Å². The summed E-state index contributed by atoms with van der Waals surface area (Å²) in [7, 11) is 1.50. The first-order valence-electron chi connectivity index (χ1n) is 10.8. The number of fused-ring (bicyclic) bond motifs is 1. The van der Waals surface area contributed by atoms with Crippen molar-refractivity contribution >= 4 is 11.8 Å². The van der Waals surface area contributed by atoms with Gasteiger partial charge in [-0.3, -0.25) is 14.7 Å². The van der Waals surface area contributed by atoms with Crippen LogP contribution in [0.3, 0.4) is 0 Å². The first kappa shape index (κ1) is 21.4. The van der Waals surface area contributed by atoms with Crippen molar-refractivity contribution in [2.45, 2.75) is 79.8 Å². The summed E-state index contributed by atoms with van der Waals surface area (Å²) in [6, 6.07) is 0.169. The van der Waals surface area contributed by atoms with Crippen molar-refractivity contribution in [3.63, 3.8) is 0 Å².